The number of para-hydroxylation sites is 2. The van der Waals surface area contributed by atoms with Gasteiger partial charge in [-0.1, -0.05) is 41.9 Å². The Hall–Kier alpha value is -3.84. The Kier molecular flexibility index (Phi) is 5.26. The molecule has 0 N–H and O–H groups in total. The molecule has 0 aliphatic rings. The molecule has 33 heavy (non-hydrogen) atoms. The van der Waals surface area contributed by atoms with E-state index in [-0.39, 0.29) is 17.4 Å². The zero-order chi connectivity index (χ0) is 23.1. The van der Waals surface area contributed by atoms with Crippen LogP contribution < -0.4 is 5.56 Å². The van der Waals surface area contributed by atoms with E-state index in [1.54, 1.807) is 24.3 Å². The van der Waals surface area contributed by atoms with Crippen LogP contribution in [0.5, 0.6) is 0 Å². The zero-order valence-corrected chi connectivity index (χ0v) is 18.2. The van der Waals surface area contributed by atoms with E-state index in [4.69, 9.17) is 11.6 Å². The van der Waals surface area contributed by atoms with Gasteiger partial charge in [0, 0.05) is 18.1 Å². The molecular formula is C25H17ClF2N4O. The fraction of sp³-hybridized carbons (Fsp3) is 0.0800. The molecule has 5 nitrogen and oxygen atoms in total. The van der Waals surface area contributed by atoms with E-state index >= 15 is 0 Å². The number of hydrogen-bond acceptors (Lipinski definition) is 3. The van der Waals surface area contributed by atoms with Crippen molar-refractivity contribution < 1.29 is 8.78 Å². The number of imidazole rings is 1. The topological polar surface area (TPSA) is 52.7 Å². The van der Waals surface area contributed by atoms with Crippen LogP contribution in [0, 0.1) is 11.6 Å². The summed E-state index contributed by atoms with van der Waals surface area (Å²) in [7, 11) is 1.86. The van der Waals surface area contributed by atoms with Crippen LogP contribution in [0.3, 0.4) is 0 Å². The van der Waals surface area contributed by atoms with Crippen LogP contribution in [0.1, 0.15) is 17.2 Å². The van der Waals surface area contributed by atoms with Crippen LogP contribution in [-0.4, -0.2) is 19.1 Å². The van der Waals surface area contributed by atoms with E-state index in [1.807, 2.05) is 48.0 Å². The van der Waals surface area contributed by atoms with Gasteiger partial charge in [0.2, 0.25) is 0 Å². The van der Waals surface area contributed by atoms with Crippen LogP contribution >= 0.6 is 11.6 Å². The first kappa shape index (κ1) is 21.0. The Balaban J connectivity index is 1.68. The molecule has 0 unspecified atom stereocenters. The molecule has 5 aromatic rings. The van der Waals surface area contributed by atoms with Gasteiger partial charge in [0.25, 0.3) is 5.56 Å². The van der Waals surface area contributed by atoms with E-state index in [9.17, 15) is 13.6 Å². The average molecular weight is 463 g/mol. The number of rotatable bonds is 4. The van der Waals surface area contributed by atoms with E-state index in [0.717, 1.165) is 28.7 Å². The lowest BCUT2D eigenvalue weighted by Crippen LogP contribution is -2.26. The summed E-state index contributed by atoms with van der Waals surface area (Å²) in [5.41, 5.74) is 2.15. The number of aryl methyl sites for hydroxylation is 1. The van der Waals surface area contributed by atoms with Gasteiger partial charge in [0.1, 0.15) is 11.6 Å². The van der Waals surface area contributed by atoms with Crippen LogP contribution in [0.2, 0.25) is 5.02 Å². The highest BCUT2D eigenvalue weighted by Crippen LogP contribution is 2.19. The van der Waals surface area contributed by atoms with Crippen molar-refractivity contribution in [2.75, 3.05) is 0 Å². The highest BCUT2D eigenvalue weighted by Gasteiger charge is 2.16. The van der Waals surface area contributed by atoms with Crippen molar-refractivity contribution >= 4 is 45.7 Å². The predicted molar refractivity (Wildman–Crippen MR) is 126 cm³/mol. The molecule has 0 fully saturated rings. The molecule has 0 bridgehead atoms. The van der Waals surface area contributed by atoms with E-state index in [2.05, 4.69) is 9.97 Å². The van der Waals surface area contributed by atoms with Gasteiger partial charge < -0.3 is 4.57 Å². The van der Waals surface area contributed by atoms with Gasteiger partial charge in [-0.3, -0.25) is 9.36 Å². The van der Waals surface area contributed by atoms with Crippen molar-refractivity contribution in [1.29, 1.82) is 0 Å². The maximum absolute atomic E-state index is 13.9. The lowest BCUT2D eigenvalue weighted by atomic mass is 10.2. The van der Waals surface area contributed by atoms with Crippen molar-refractivity contribution in [2.45, 2.75) is 6.54 Å². The van der Waals surface area contributed by atoms with Gasteiger partial charge in [-0.15, -0.1) is 0 Å². The Morgan fingerprint density at radius 2 is 1.67 bits per heavy atom. The largest absolute Gasteiger partial charge is 0.330 e. The number of aromatic nitrogens is 4. The molecule has 2 heterocycles. The second-order valence-electron chi connectivity index (χ2n) is 7.61. The zero-order valence-electron chi connectivity index (χ0n) is 17.5. The molecule has 0 aliphatic carbocycles. The van der Waals surface area contributed by atoms with Gasteiger partial charge >= 0.3 is 0 Å². The predicted octanol–water partition coefficient (Wildman–Crippen LogP) is 5.43. The third-order valence-corrected chi connectivity index (χ3v) is 5.75. The van der Waals surface area contributed by atoms with E-state index in [0.29, 0.717) is 16.7 Å². The molecule has 0 amide bonds. The van der Waals surface area contributed by atoms with Gasteiger partial charge in [-0.25, -0.2) is 18.7 Å². The molecule has 2 aromatic heterocycles. The summed E-state index contributed by atoms with van der Waals surface area (Å²) in [6.45, 7) is 0.103. The van der Waals surface area contributed by atoms with Crippen molar-refractivity contribution in [2.24, 2.45) is 7.05 Å². The number of fused-ring (bicyclic) bond motifs is 2. The summed E-state index contributed by atoms with van der Waals surface area (Å²) in [5.74, 6) is -1.24. The summed E-state index contributed by atoms with van der Waals surface area (Å²) in [4.78, 5) is 22.4. The average Bonchev–Trinajstić information content (AvgIpc) is 3.12. The van der Waals surface area contributed by atoms with Crippen LogP contribution in [0.25, 0.3) is 34.1 Å². The summed E-state index contributed by atoms with van der Waals surface area (Å²) in [6.07, 6.45) is 3.43. The maximum Gasteiger partial charge on any atom is 0.262 e. The molecule has 0 saturated carbocycles. The number of benzene rings is 3. The first-order chi connectivity index (χ1) is 15.9. The van der Waals surface area contributed by atoms with Crippen molar-refractivity contribution in [3.05, 3.63) is 105 Å². The van der Waals surface area contributed by atoms with Crippen LogP contribution in [-0.2, 0) is 13.6 Å². The van der Waals surface area contributed by atoms with Crippen LogP contribution in [0.4, 0.5) is 8.78 Å². The normalized spacial score (nSPS) is 11.8. The minimum absolute atomic E-state index is 0.00342. The highest BCUT2D eigenvalue weighted by atomic mass is 35.5. The molecule has 8 heteroatoms. The smallest absolute Gasteiger partial charge is 0.262 e. The van der Waals surface area contributed by atoms with Crippen molar-refractivity contribution in [1.82, 2.24) is 19.1 Å². The monoisotopic (exact) mass is 462 g/mol. The standard InChI is InChI=1S/C25H17ClF2N4O/c1-31-22-5-3-2-4-20(22)29-24(31)14-32-23(11-8-15-6-9-16(26)10-7-15)30-21-13-19(28)18(27)12-17(21)25(32)33/h2-13H,14H2,1H3/b11-8+. The quantitative estimate of drug-likeness (QED) is 0.357. The SMILES string of the molecule is Cn1c(Cn2c(/C=C/c3ccc(Cl)cc3)nc3cc(F)c(F)cc3c2=O)nc2ccccc21. The Labute approximate surface area is 192 Å². The van der Waals surface area contributed by atoms with Crippen LogP contribution in [0.15, 0.2) is 65.5 Å². The lowest BCUT2D eigenvalue weighted by molar-refractivity contribution is 0.510. The highest BCUT2D eigenvalue weighted by molar-refractivity contribution is 6.30. The summed E-state index contributed by atoms with van der Waals surface area (Å²) in [6, 6.07) is 16.6. The molecule has 0 aliphatic heterocycles. The lowest BCUT2D eigenvalue weighted by Gasteiger charge is -2.12. The Morgan fingerprint density at radius 3 is 2.42 bits per heavy atom. The number of hydrogen-bond donors (Lipinski definition) is 0. The third-order valence-electron chi connectivity index (χ3n) is 5.50. The van der Waals surface area contributed by atoms with Gasteiger partial charge in [-0.05, 0) is 42.0 Å². The van der Waals surface area contributed by atoms with Gasteiger partial charge in [0.05, 0.1) is 28.5 Å². The fourth-order valence-electron chi connectivity index (χ4n) is 3.74. The molecular weight excluding hydrogens is 446 g/mol. The fourth-order valence-corrected chi connectivity index (χ4v) is 3.86. The minimum atomic E-state index is -1.10. The molecule has 0 saturated heterocycles. The third kappa shape index (κ3) is 3.91. The van der Waals surface area contributed by atoms with Crippen molar-refractivity contribution in [3.8, 4) is 0 Å². The van der Waals surface area contributed by atoms with Gasteiger partial charge in [-0.2, -0.15) is 0 Å². The van der Waals surface area contributed by atoms with Crippen molar-refractivity contribution in [3.63, 3.8) is 0 Å². The Morgan fingerprint density at radius 1 is 0.939 bits per heavy atom. The van der Waals surface area contributed by atoms with E-state index in [1.165, 1.54) is 4.57 Å². The number of nitrogens with zero attached hydrogens (tertiary/aromatic N) is 4. The van der Waals surface area contributed by atoms with Gasteiger partial charge in [0.15, 0.2) is 11.6 Å². The molecule has 5 rings (SSSR count). The van der Waals surface area contributed by atoms with E-state index < -0.39 is 17.2 Å². The minimum Gasteiger partial charge on any atom is -0.330 e. The molecule has 0 spiro atoms. The molecule has 164 valence electrons. The first-order valence-corrected chi connectivity index (χ1v) is 10.5. The molecule has 0 radical (unpaired) electrons. The molecule has 3 aromatic carbocycles. The first-order valence-electron chi connectivity index (χ1n) is 10.1. The summed E-state index contributed by atoms with van der Waals surface area (Å²) < 4.78 is 31.1. The number of halogens is 3. The second-order valence-corrected chi connectivity index (χ2v) is 8.04. The Bertz CT molecular complexity index is 1600. The molecule has 0 atom stereocenters. The summed E-state index contributed by atoms with van der Waals surface area (Å²) >= 11 is 5.95. The second kappa shape index (κ2) is 8.26. The summed E-state index contributed by atoms with van der Waals surface area (Å²) in [5, 5.41) is 0.601. The maximum atomic E-state index is 13.9.